The van der Waals surface area contributed by atoms with Gasteiger partial charge in [0.15, 0.2) is 6.04 Å². The first kappa shape index (κ1) is 39.4. The maximum atomic E-state index is 16.3. The highest BCUT2D eigenvalue weighted by molar-refractivity contribution is 7.89. The summed E-state index contributed by atoms with van der Waals surface area (Å²) in [5.74, 6) is -6.94. The minimum Gasteiger partial charge on any atom is -0.490 e. The number of carbonyl (C=O) groups is 2. The molecule has 1 aliphatic heterocycles. The van der Waals surface area contributed by atoms with Gasteiger partial charge in [0.05, 0.1) is 15.3 Å². The van der Waals surface area contributed by atoms with E-state index in [4.69, 9.17) is 32.0 Å². The highest BCUT2D eigenvalue weighted by atomic mass is 35.5. The van der Waals surface area contributed by atoms with Crippen LogP contribution in [0.5, 0.6) is 5.75 Å². The number of likely N-dealkylation sites (tertiary alicyclic amines) is 1. The molecule has 0 bridgehead atoms. The SMILES string of the molecule is NC1CCN(C(=O)[C@@H](NS(=O)(=O)c2ccc3cc(OC4CCCC4)ccc3c2)C(F)(F)c2ccc(-c3ccc(Cl)s3)cc2)CC1.O=C(O)C(F)(F)F. The van der Waals surface area contributed by atoms with Crippen LogP contribution in [0, 0.1) is 0 Å². The summed E-state index contributed by atoms with van der Waals surface area (Å²) < 4.78 is 100. The summed E-state index contributed by atoms with van der Waals surface area (Å²) in [4.78, 5) is 24.4. The fourth-order valence-electron chi connectivity index (χ4n) is 5.94. The molecular formula is C35H35ClF5N3O6S2. The Kier molecular flexibility index (Phi) is 12.1. The Bertz CT molecular complexity index is 2000. The van der Waals surface area contributed by atoms with Crippen molar-refractivity contribution in [1.29, 1.82) is 0 Å². The van der Waals surface area contributed by atoms with Gasteiger partial charge in [-0.2, -0.15) is 26.7 Å². The highest BCUT2D eigenvalue weighted by Gasteiger charge is 2.50. The van der Waals surface area contributed by atoms with Gasteiger partial charge in [0.25, 0.3) is 5.92 Å². The number of nitrogens with zero attached hydrogens (tertiary/aromatic N) is 1. The van der Waals surface area contributed by atoms with Gasteiger partial charge in [-0.15, -0.1) is 11.3 Å². The number of hydrogen-bond acceptors (Lipinski definition) is 7. The van der Waals surface area contributed by atoms with E-state index >= 15 is 8.78 Å². The van der Waals surface area contributed by atoms with Gasteiger partial charge in [-0.3, -0.25) is 4.79 Å². The number of rotatable bonds is 9. The van der Waals surface area contributed by atoms with Crippen LogP contribution in [-0.2, 0) is 25.5 Å². The summed E-state index contributed by atoms with van der Waals surface area (Å²) >= 11 is 7.34. The van der Waals surface area contributed by atoms with Crippen LogP contribution in [0.2, 0.25) is 4.34 Å². The summed E-state index contributed by atoms with van der Waals surface area (Å²) in [5.41, 5.74) is 6.16. The van der Waals surface area contributed by atoms with Gasteiger partial charge in [0.2, 0.25) is 15.9 Å². The fraction of sp³-hybridized carbons (Fsp3) is 0.371. The minimum absolute atomic E-state index is 0.148. The molecule has 4 aromatic rings. The number of amides is 1. The average molecular weight is 788 g/mol. The number of nitrogens with two attached hydrogens (primary N) is 1. The third kappa shape index (κ3) is 9.58. The number of benzene rings is 3. The maximum Gasteiger partial charge on any atom is 0.490 e. The van der Waals surface area contributed by atoms with Gasteiger partial charge < -0.3 is 20.5 Å². The number of fused-ring (bicyclic) bond motifs is 1. The van der Waals surface area contributed by atoms with Crippen molar-refractivity contribution in [2.75, 3.05) is 13.1 Å². The molecule has 6 rings (SSSR count). The predicted molar refractivity (Wildman–Crippen MR) is 187 cm³/mol. The summed E-state index contributed by atoms with van der Waals surface area (Å²) in [6, 6.07) is 16.2. The van der Waals surface area contributed by atoms with Gasteiger partial charge in [0.1, 0.15) is 5.75 Å². The molecule has 17 heteroatoms. The van der Waals surface area contributed by atoms with Crippen molar-refractivity contribution >= 4 is 55.6 Å². The Morgan fingerprint density at radius 1 is 0.904 bits per heavy atom. The smallest absolute Gasteiger partial charge is 0.490 e. The molecule has 1 amide bonds. The highest BCUT2D eigenvalue weighted by Crippen LogP contribution is 2.37. The van der Waals surface area contributed by atoms with E-state index in [2.05, 4.69) is 4.72 Å². The zero-order chi connectivity index (χ0) is 37.8. The molecular weight excluding hydrogens is 753 g/mol. The zero-order valence-electron chi connectivity index (χ0n) is 27.4. The molecule has 1 saturated heterocycles. The average Bonchev–Trinajstić information content (AvgIpc) is 3.78. The molecule has 280 valence electrons. The van der Waals surface area contributed by atoms with Gasteiger partial charge >= 0.3 is 12.1 Å². The quantitative estimate of drug-likeness (QED) is 0.149. The fourth-order valence-corrected chi connectivity index (χ4v) is 8.21. The van der Waals surface area contributed by atoms with Gasteiger partial charge in [-0.1, -0.05) is 48.0 Å². The van der Waals surface area contributed by atoms with Crippen molar-refractivity contribution in [3.05, 3.63) is 82.7 Å². The zero-order valence-corrected chi connectivity index (χ0v) is 29.8. The van der Waals surface area contributed by atoms with Crippen LogP contribution in [0.3, 0.4) is 0 Å². The van der Waals surface area contributed by atoms with E-state index in [1.807, 2.05) is 6.07 Å². The first-order valence-corrected chi connectivity index (χ1v) is 18.9. The topological polar surface area (TPSA) is 139 Å². The van der Waals surface area contributed by atoms with Crippen molar-refractivity contribution in [2.45, 2.75) is 73.7 Å². The van der Waals surface area contributed by atoms with Crippen LogP contribution >= 0.6 is 22.9 Å². The second-order valence-electron chi connectivity index (χ2n) is 12.5. The number of carboxylic acid groups (broad SMARTS) is 1. The lowest BCUT2D eigenvalue weighted by atomic mass is 9.97. The molecule has 2 heterocycles. The number of hydrogen-bond donors (Lipinski definition) is 3. The molecule has 0 unspecified atom stereocenters. The van der Waals surface area contributed by atoms with E-state index in [1.165, 1.54) is 52.6 Å². The summed E-state index contributed by atoms with van der Waals surface area (Å²) in [5, 5.41) is 8.47. The second kappa shape index (κ2) is 16.0. The van der Waals surface area contributed by atoms with Gasteiger partial charge in [-0.25, -0.2) is 13.2 Å². The molecule has 9 nitrogen and oxygen atoms in total. The van der Waals surface area contributed by atoms with E-state index < -0.39 is 45.6 Å². The van der Waals surface area contributed by atoms with Crippen LogP contribution < -0.4 is 15.2 Å². The third-order valence-corrected chi connectivity index (χ3v) is 11.5. The monoisotopic (exact) mass is 787 g/mol. The van der Waals surface area contributed by atoms with Crippen LogP contribution in [0.4, 0.5) is 22.0 Å². The van der Waals surface area contributed by atoms with Crippen molar-refractivity contribution in [3.8, 4) is 16.2 Å². The number of nitrogens with one attached hydrogen (secondary N) is 1. The summed E-state index contributed by atoms with van der Waals surface area (Å²) in [6.07, 6.45) is 0.236. The number of sulfonamides is 1. The Balaban J connectivity index is 0.000000679. The molecule has 3 aromatic carbocycles. The van der Waals surface area contributed by atoms with E-state index in [9.17, 15) is 26.4 Å². The Morgan fingerprint density at radius 3 is 2.08 bits per heavy atom. The molecule has 2 fully saturated rings. The second-order valence-corrected chi connectivity index (χ2v) is 15.9. The minimum atomic E-state index is -5.08. The number of carbonyl (C=O) groups excluding carboxylic acids is 1. The van der Waals surface area contributed by atoms with Crippen molar-refractivity contribution in [2.24, 2.45) is 5.73 Å². The lowest BCUT2D eigenvalue weighted by Crippen LogP contribution is -2.57. The summed E-state index contributed by atoms with van der Waals surface area (Å²) in [7, 11) is -4.56. The van der Waals surface area contributed by atoms with E-state index in [1.54, 1.807) is 30.3 Å². The van der Waals surface area contributed by atoms with Gasteiger partial charge in [-0.05, 0) is 91.3 Å². The van der Waals surface area contributed by atoms with Crippen LogP contribution in [0.15, 0.2) is 77.7 Å². The predicted octanol–water partition coefficient (Wildman–Crippen LogP) is 7.57. The Hall–Kier alpha value is -3.83. The maximum absolute atomic E-state index is 16.3. The lowest BCUT2D eigenvalue weighted by Gasteiger charge is -2.35. The Morgan fingerprint density at radius 2 is 1.50 bits per heavy atom. The molecule has 1 aliphatic carbocycles. The van der Waals surface area contributed by atoms with Crippen LogP contribution in [-0.4, -0.2) is 67.8 Å². The van der Waals surface area contributed by atoms with E-state index in [0.717, 1.165) is 35.9 Å². The van der Waals surface area contributed by atoms with Crippen LogP contribution in [0.25, 0.3) is 21.2 Å². The van der Waals surface area contributed by atoms with Crippen molar-refractivity contribution in [1.82, 2.24) is 9.62 Å². The number of thiophene rings is 1. The molecule has 0 radical (unpaired) electrons. The lowest BCUT2D eigenvalue weighted by molar-refractivity contribution is -0.192. The number of ether oxygens (including phenoxy) is 1. The standard InChI is InChI=1S/C33H34ClF2N3O4S2.C2HF3O2/c34-30-14-13-29(44-30)21-5-9-24(10-6-21)33(35,36)31(32(40)39-17-15-25(37)16-18-39)38-45(41,42)28-12-8-22-19-27(11-7-23(22)20-28)43-26-3-1-2-4-26;3-2(4,5)1(6)7/h5-14,19-20,25-26,31,38H,1-4,15-18,37H2;(H,6,7)/t31-;/m1./s1. The molecule has 0 spiro atoms. The van der Waals surface area contributed by atoms with Crippen LogP contribution in [0.1, 0.15) is 44.1 Å². The number of piperidine rings is 1. The van der Waals surface area contributed by atoms with E-state index in [0.29, 0.717) is 33.9 Å². The van der Waals surface area contributed by atoms with Crippen molar-refractivity contribution in [3.63, 3.8) is 0 Å². The first-order valence-electron chi connectivity index (χ1n) is 16.3. The summed E-state index contributed by atoms with van der Waals surface area (Å²) in [6.45, 7) is 0.321. The van der Waals surface area contributed by atoms with Gasteiger partial charge in [0, 0.05) is 29.6 Å². The largest absolute Gasteiger partial charge is 0.490 e. The molecule has 1 saturated carbocycles. The molecule has 1 atom stereocenters. The number of carboxylic acids is 1. The molecule has 2 aliphatic rings. The van der Waals surface area contributed by atoms with Crippen molar-refractivity contribution < 1.29 is 49.8 Å². The number of aliphatic carboxylic acids is 1. The number of halogens is 6. The molecule has 1 aromatic heterocycles. The van der Waals surface area contributed by atoms with E-state index in [-0.39, 0.29) is 30.1 Å². The number of alkyl halides is 5. The first-order chi connectivity index (χ1) is 24.4. The molecule has 52 heavy (non-hydrogen) atoms. The Labute approximate surface area is 305 Å². The third-order valence-electron chi connectivity index (χ3n) is 8.80. The molecule has 4 N–H and O–H groups in total. The normalized spacial score (nSPS) is 16.7.